The number of hydrogen-bond acceptors (Lipinski definition) is 4. The number of pyridine rings is 1. The van der Waals surface area contributed by atoms with Crippen molar-refractivity contribution in [2.24, 2.45) is 5.92 Å². The van der Waals surface area contributed by atoms with E-state index in [0.717, 1.165) is 25.7 Å². The molecule has 1 saturated heterocycles. The van der Waals surface area contributed by atoms with Crippen molar-refractivity contribution in [1.29, 1.82) is 0 Å². The lowest BCUT2D eigenvalue weighted by molar-refractivity contribution is 0.0951. The average molecular weight is 446 g/mol. The predicted molar refractivity (Wildman–Crippen MR) is 123 cm³/mol. The number of hydrogen-bond donors (Lipinski definition) is 1. The van der Waals surface area contributed by atoms with Crippen LogP contribution in [0.3, 0.4) is 0 Å². The first-order valence-corrected chi connectivity index (χ1v) is 12.3. The maximum atomic E-state index is 13.2. The summed E-state index contributed by atoms with van der Waals surface area (Å²) >= 11 is 0. The lowest BCUT2D eigenvalue weighted by Crippen LogP contribution is -2.38. The van der Waals surface area contributed by atoms with Crippen LogP contribution in [0, 0.1) is 5.92 Å². The summed E-state index contributed by atoms with van der Waals surface area (Å²) in [6.07, 6.45) is 6.57. The third kappa shape index (κ3) is 4.91. The number of carbonyl (C=O) groups is 1. The topological polar surface area (TPSA) is 88.5 Å². The first-order chi connectivity index (χ1) is 14.8. The normalized spacial score (nSPS) is 15.8. The Morgan fingerprint density at radius 1 is 1.29 bits per heavy atom. The van der Waals surface area contributed by atoms with Crippen LogP contribution in [0.1, 0.15) is 49.9 Å². The van der Waals surface area contributed by atoms with Gasteiger partial charge in [0.25, 0.3) is 5.91 Å². The number of allylic oxidation sites excluding steroid dienone is 1. The van der Waals surface area contributed by atoms with Crippen LogP contribution in [0.4, 0.5) is 0 Å². The van der Waals surface area contributed by atoms with Crippen molar-refractivity contribution in [2.45, 2.75) is 51.0 Å². The molecular weight excluding hydrogens is 414 g/mol. The molecule has 0 unspecified atom stereocenters. The molecule has 1 fully saturated rings. The number of fused-ring (bicyclic) bond motifs is 1. The Hall–Kier alpha value is -2.45. The summed E-state index contributed by atoms with van der Waals surface area (Å²) in [5, 5.41) is 2.99. The molecule has 1 aliphatic rings. The van der Waals surface area contributed by atoms with Gasteiger partial charge in [-0.25, -0.2) is 8.42 Å². The van der Waals surface area contributed by atoms with Gasteiger partial charge in [-0.2, -0.15) is 4.31 Å². The third-order valence-electron chi connectivity index (χ3n) is 5.82. The Morgan fingerprint density at radius 3 is 2.65 bits per heavy atom. The molecule has 0 aliphatic carbocycles. The van der Waals surface area contributed by atoms with Crippen LogP contribution >= 0.6 is 0 Å². The van der Waals surface area contributed by atoms with Crippen LogP contribution in [-0.4, -0.2) is 42.8 Å². The lowest BCUT2D eigenvalue weighted by atomic mass is 10.0. The molecule has 3 rings (SSSR count). The Labute approximate surface area is 183 Å². The van der Waals surface area contributed by atoms with Crippen molar-refractivity contribution >= 4 is 26.8 Å². The van der Waals surface area contributed by atoms with Crippen molar-refractivity contribution < 1.29 is 13.2 Å². The third-order valence-corrected chi connectivity index (χ3v) is 7.71. The van der Waals surface area contributed by atoms with E-state index in [0.29, 0.717) is 37.6 Å². The molecule has 1 aliphatic heterocycles. The van der Waals surface area contributed by atoms with E-state index in [1.807, 2.05) is 6.92 Å². The second kappa shape index (κ2) is 9.78. The van der Waals surface area contributed by atoms with Crippen molar-refractivity contribution in [3.63, 3.8) is 0 Å². The largest absolute Gasteiger partial charge is 0.352 e. The van der Waals surface area contributed by atoms with Crippen LogP contribution in [0.15, 0.2) is 46.7 Å². The minimum absolute atomic E-state index is 0.00629. The van der Waals surface area contributed by atoms with Crippen molar-refractivity contribution in [3.8, 4) is 0 Å². The maximum absolute atomic E-state index is 13.2. The standard InChI is InChI=1S/C23H31N3O4S/c1-4-6-11-24-23(28)20-16-25(12-5-2)21-8-7-18(15-19(21)22(20)27)31(29,30)26-13-9-17(3)10-14-26/h5,7-8,15-17H,2,4,6,9-14H2,1,3H3,(H,24,28). The molecule has 1 N–H and O–H groups in total. The molecule has 0 spiro atoms. The molecule has 0 radical (unpaired) electrons. The van der Waals surface area contributed by atoms with E-state index in [9.17, 15) is 18.0 Å². The summed E-state index contributed by atoms with van der Waals surface area (Å²) in [7, 11) is -3.71. The number of unbranched alkanes of at least 4 members (excludes halogenated alkanes) is 1. The SMILES string of the molecule is C=CCn1cc(C(=O)NCCCC)c(=O)c2cc(S(=O)(=O)N3CCC(C)CC3)ccc21. The average Bonchev–Trinajstić information content (AvgIpc) is 2.76. The minimum atomic E-state index is -3.71. The van der Waals surface area contributed by atoms with Crippen molar-refractivity contribution in [3.05, 3.63) is 52.8 Å². The van der Waals surface area contributed by atoms with Gasteiger partial charge in [0.1, 0.15) is 5.56 Å². The quantitative estimate of drug-likeness (QED) is 0.499. The van der Waals surface area contributed by atoms with Gasteiger partial charge in [0.2, 0.25) is 15.5 Å². The maximum Gasteiger partial charge on any atom is 0.256 e. The first kappa shape index (κ1) is 23.2. The highest BCUT2D eigenvalue weighted by Gasteiger charge is 2.28. The number of sulfonamides is 1. The number of aromatic nitrogens is 1. The smallest absolute Gasteiger partial charge is 0.256 e. The Balaban J connectivity index is 2.07. The number of amides is 1. The Morgan fingerprint density at radius 2 is 2.00 bits per heavy atom. The number of piperidine rings is 1. The molecule has 1 aromatic heterocycles. The summed E-state index contributed by atoms with van der Waals surface area (Å²) in [6.45, 7) is 9.70. The minimum Gasteiger partial charge on any atom is -0.352 e. The fourth-order valence-corrected chi connectivity index (χ4v) is 5.33. The second-order valence-corrected chi connectivity index (χ2v) is 10.1. The van der Waals surface area contributed by atoms with E-state index in [4.69, 9.17) is 0 Å². The van der Waals surface area contributed by atoms with E-state index in [2.05, 4.69) is 18.8 Å². The molecule has 168 valence electrons. The highest BCUT2D eigenvalue weighted by Crippen LogP contribution is 2.25. The van der Waals surface area contributed by atoms with Gasteiger partial charge in [0.05, 0.1) is 10.4 Å². The van der Waals surface area contributed by atoms with Crippen LogP contribution < -0.4 is 10.7 Å². The van der Waals surface area contributed by atoms with Crippen LogP contribution in [-0.2, 0) is 16.6 Å². The van der Waals surface area contributed by atoms with Gasteiger partial charge in [-0.3, -0.25) is 9.59 Å². The van der Waals surface area contributed by atoms with E-state index in [-0.39, 0.29) is 15.8 Å². The molecule has 1 aromatic carbocycles. The lowest BCUT2D eigenvalue weighted by Gasteiger charge is -2.29. The molecule has 0 bridgehead atoms. The number of nitrogens with zero attached hydrogens (tertiary/aromatic N) is 2. The molecule has 2 aromatic rings. The number of carbonyl (C=O) groups excluding carboxylic acids is 1. The number of nitrogens with one attached hydrogen (secondary N) is 1. The number of benzene rings is 1. The van der Waals surface area contributed by atoms with Gasteiger partial charge < -0.3 is 9.88 Å². The van der Waals surface area contributed by atoms with E-state index in [1.165, 1.54) is 22.6 Å². The zero-order chi connectivity index (χ0) is 22.6. The highest BCUT2D eigenvalue weighted by atomic mass is 32.2. The second-order valence-electron chi connectivity index (χ2n) is 8.19. The van der Waals surface area contributed by atoms with E-state index in [1.54, 1.807) is 16.7 Å². The number of rotatable bonds is 8. The van der Waals surface area contributed by atoms with E-state index < -0.39 is 21.4 Å². The molecule has 0 atom stereocenters. The fraction of sp³-hybridized carbons (Fsp3) is 0.478. The first-order valence-electron chi connectivity index (χ1n) is 10.9. The summed E-state index contributed by atoms with van der Waals surface area (Å²) in [5.74, 6) is 0.0550. The predicted octanol–water partition coefficient (Wildman–Crippen LogP) is 3.14. The molecule has 31 heavy (non-hydrogen) atoms. The summed E-state index contributed by atoms with van der Waals surface area (Å²) in [4.78, 5) is 25.9. The molecule has 1 amide bonds. The molecular formula is C23H31N3O4S. The monoisotopic (exact) mass is 445 g/mol. The Kier molecular flexibility index (Phi) is 7.33. The zero-order valence-electron chi connectivity index (χ0n) is 18.3. The molecule has 0 saturated carbocycles. The van der Waals surface area contributed by atoms with Crippen molar-refractivity contribution in [2.75, 3.05) is 19.6 Å². The highest BCUT2D eigenvalue weighted by molar-refractivity contribution is 7.89. The molecule has 8 heteroatoms. The van der Waals surface area contributed by atoms with Gasteiger partial charge in [0.15, 0.2) is 0 Å². The summed E-state index contributed by atoms with van der Waals surface area (Å²) in [6, 6.07) is 4.58. The fourth-order valence-electron chi connectivity index (χ4n) is 3.84. The van der Waals surface area contributed by atoms with Crippen LogP contribution in [0.2, 0.25) is 0 Å². The van der Waals surface area contributed by atoms with Gasteiger partial charge >= 0.3 is 0 Å². The zero-order valence-corrected chi connectivity index (χ0v) is 19.1. The summed E-state index contributed by atoms with van der Waals surface area (Å²) < 4.78 is 29.6. The molecule has 2 heterocycles. The summed E-state index contributed by atoms with van der Waals surface area (Å²) in [5.41, 5.74) is 0.113. The van der Waals surface area contributed by atoms with Crippen molar-refractivity contribution in [1.82, 2.24) is 14.2 Å². The molecule has 7 nitrogen and oxygen atoms in total. The Bertz CT molecular complexity index is 1130. The van der Waals surface area contributed by atoms with Gasteiger partial charge in [-0.05, 0) is 43.4 Å². The van der Waals surface area contributed by atoms with Gasteiger partial charge in [0, 0.05) is 37.8 Å². The van der Waals surface area contributed by atoms with Gasteiger partial charge in [-0.15, -0.1) is 6.58 Å². The van der Waals surface area contributed by atoms with Crippen LogP contribution in [0.25, 0.3) is 10.9 Å². The van der Waals surface area contributed by atoms with E-state index >= 15 is 0 Å². The van der Waals surface area contributed by atoms with Crippen LogP contribution in [0.5, 0.6) is 0 Å². The van der Waals surface area contributed by atoms with Gasteiger partial charge in [-0.1, -0.05) is 26.3 Å².